The monoisotopic (exact) mass is 283 g/mol. The Morgan fingerprint density at radius 1 is 1.45 bits per heavy atom. The minimum absolute atomic E-state index is 0.178. The molecular weight excluding hydrogens is 262 g/mol. The van der Waals surface area contributed by atoms with Crippen molar-refractivity contribution < 1.29 is 14.7 Å². The highest BCUT2D eigenvalue weighted by Gasteiger charge is 2.23. The van der Waals surface area contributed by atoms with E-state index in [0.29, 0.717) is 18.1 Å². The number of nitrogens with one attached hydrogen (secondary N) is 2. The van der Waals surface area contributed by atoms with E-state index in [1.807, 2.05) is 13.8 Å². The highest BCUT2D eigenvalue weighted by molar-refractivity contribution is 5.82. The van der Waals surface area contributed by atoms with Crippen LogP contribution in [0.25, 0.3) is 0 Å². The number of aromatic nitrogens is 3. The van der Waals surface area contributed by atoms with Gasteiger partial charge in [0.15, 0.2) is 5.82 Å². The smallest absolute Gasteiger partial charge is 0.326 e. The zero-order valence-corrected chi connectivity index (χ0v) is 12.2. The number of nitrogens with zero attached hydrogens (tertiary/aromatic N) is 3. The highest BCUT2D eigenvalue weighted by atomic mass is 16.4. The summed E-state index contributed by atoms with van der Waals surface area (Å²) in [6.45, 7) is 5.79. The molecule has 1 aromatic rings. The van der Waals surface area contributed by atoms with Crippen LogP contribution in [0, 0.1) is 12.8 Å². The van der Waals surface area contributed by atoms with E-state index >= 15 is 0 Å². The lowest BCUT2D eigenvalue weighted by molar-refractivity contribution is -0.139. The van der Waals surface area contributed by atoms with Crippen LogP contribution in [0.15, 0.2) is 0 Å². The highest BCUT2D eigenvalue weighted by Crippen LogP contribution is 2.06. The molecule has 1 aromatic heterocycles. The summed E-state index contributed by atoms with van der Waals surface area (Å²) in [6.07, 6.45) is 0.384. The van der Waals surface area contributed by atoms with E-state index in [0.717, 1.165) is 0 Å². The van der Waals surface area contributed by atoms with Gasteiger partial charge < -0.3 is 15.3 Å². The second kappa shape index (κ2) is 6.88. The summed E-state index contributed by atoms with van der Waals surface area (Å²) in [5.74, 6) is 0.291. The number of hydrogen-bond donors (Lipinski definition) is 3. The van der Waals surface area contributed by atoms with Crippen LogP contribution >= 0.6 is 0 Å². The van der Waals surface area contributed by atoms with Gasteiger partial charge >= 0.3 is 12.0 Å². The molecule has 0 aliphatic rings. The van der Waals surface area contributed by atoms with E-state index in [9.17, 15) is 9.59 Å². The van der Waals surface area contributed by atoms with Crippen LogP contribution in [0.1, 0.15) is 31.9 Å². The van der Waals surface area contributed by atoms with Crippen molar-refractivity contribution in [1.29, 1.82) is 0 Å². The van der Waals surface area contributed by atoms with Gasteiger partial charge in [-0.1, -0.05) is 13.8 Å². The third-order valence-electron chi connectivity index (χ3n) is 2.67. The first-order valence-corrected chi connectivity index (χ1v) is 6.42. The molecular formula is C12H21N5O3. The normalized spacial score (nSPS) is 12.2. The summed E-state index contributed by atoms with van der Waals surface area (Å²) in [4.78, 5) is 28.5. The van der Waals surface area contributed by atoms with Crippen LogP contribution in [0.3, 0.4) is 0 Å². The van der Waals surface area contributed by atoms with E-state index in [1.54, 1.807) is 14.0 Å². The molecule has 0 radical (unpaired) electrons. The number of hydrogen-bond acceptors (Lipinski definition) is 4. The van der Waals surface area contributed by atoms with Crippen LogP contribution in [0.4, 0.5) is 4.79 Å². The number of carbonyl (C=O) groups is 2. The molecule has 0 unspecified atom stereocenters. The summed E-state index contributed by atoms with van der Waals surface area (Å²) >= 11 is 0. The molecule has 8 heteroatoms. The summed E-state index contributed by atoms with van der Waals surface area (Å²) < 4.78 is 0. The molecule has 8 nitrogen and oxygen atoms in total. The van der Waals surface area contributed by atoms with E-state index in [1.165, 1.54) is 4.90 Å². The number of carboxylic acid groups (broad SMARTS) is 1. The second-order valence-corrected chi connectivity index (χ2v) is 5.16. The lowest BCUT2D eigenvalue weighted by Gasteiger charge is -2.21. The molecule has 0 spiro atoms. The molecule has 0 aliphatic heterocycles. The van der Waals surface area contributed by atoms with Crippen molar-refractivity contribution in [3.8, 4) is 0 Å². The fraction of sp³-hybridized carbons (Fsp3) is 0.667. The van der Waals surface area contributed by atoms with Crippen molar-refractivity contribution in [1.82, 2.24) is 25.4 Å². The van der Waals surface area contributed by atoms with Gasteiger partial charge in [0.25, 0.3) is 0 Å². The lowest BCUT2D eigenvalue weighted by atomic mass is 10.0. The second-order valence-electron chi connectivity index (χ2n) is 5.16. The molecule has 1 rings (SSSR count). The molecule has 0 bridgehead atoms. The molecule has 0 saturated carbocycles. The zero-order chi connectivity index (χ0) is 15.3. The van der Waals surface area contributed by atoms with Gasteiger partial charge in [-0.15, -0.1) is 0 Å². The average molecular weight is 283 g/mol. The Bertz CT molecular complexity index is 471. The maximum Gasteiger partial charge on any atom is 0.326 e. The maximum absolute atomic E-state index is 11.9. The molecule has 0 aromatic carbocycles. The van der Waals surface area contributed by atoms with E-state index < -0.39 is 18.0 Å². The van der Waals surface area contributed by atoms with Gasteiger partial charge in [-0.2, -0.15) is 5.10 Å². The Morgan fingerprint density at radius 3 is 2.55 bits per heavy atom. The van der Waals surface area contributed by atoms with Crippen molar-refractivity contribution in [2.24, 2.45) is 5.92 Å². The Kier molecular flexibility index (Phi) is 5.48. The average Bonchev–Trinajstić information content (AvgIpc) is 2.72. The molecule has 1 heterocycles. The van der Waals surface area contributed by atoms with Crippen molar-refractivity contribution >= 4 is 12.0 Å². The summed E-state index contributed by atoms with van der Waals surface area (Å²) in [7, 11) is 1.56. The molecule has 0 fully saturated rings. The van der Waals surface area contributed by atoms with Crippen LogP contribution in [-0.2, 0) is 11.3 Å². The minimum Gasteiger partial charge on any atom is -0.480 e. The summed E-state index contributed by atoms with van der Waals surface area (Å²) in [5.41, 5.74) is 0. The topological polar surface area (TPSA) is 111 Å². The van der Waals surface area contributed by atoms with Gasteiger partial charge in [0.2, 0.25) is 0 Å². The predicted molar refractivity (Wildman–Crippen MR) is 72.0 cm³/mol. The number of H-pyrrole nitrogens is 1. The number of aryl methyl sites for hydroxylation is 1. The standard InChI is InChI=1S/C12H21N5O3/c1-7(2)5-9(11(18)19)14-12(20)17(4)6-10-13-8(3)15-16-10/h7,9H,5-6H2,1-4H3,(H,14,20)(H,18,19)(H,13,15,16)/t9-/m0/s1. The largest absolute Gasteiger partial charge is 0.480 e. The van der Waals surface area contributed by atoms with Crippen LogP contribution in [-0.4, -0.2) is 50.3 Å². The first-order valence-electron chi connectivity index (χ1n) is 6.42. The lowest BCUT2D eigenvalue weighted by Crippen LogP contribution is -2.47. The fourth-order valence-corrected chi connectivity index (χ4v) is 1.70. The Morgan fingerprint density at radius 2 is 2.10 bits per heavy atom. The molecule has 20 heavy (non-hydrogen) atoms. The number of urea groups is 1. The van der Waals surface area contributed by atoms with Gasteiger partial charge in [-0.05, 0) is 19.3 Å². The number of aliphatic carboxylic acids is 1. The van der Waals surface area contributed by atoms with Crippen molar-refractivity contribution in [3.63, 3.8) is 0 Å². The quantitative estimate of drug-likeness (QED) is 0.713. The molecule has 2 amide bonds. The Hall–Kier alpha value is -2.12. The fourth-order valence-electron chi connectivity index (χ4n) is 1.70. The first kappa shape index (κ1) is 15.9. The molecule has 112 valence electrons. The van der Waals surface area contributed by atoms with Gasteiger partial charge in [-0.25, -0.2) is 14.6 Å². The predicted octanol–water partition coefficient (Wildman–Crippen LogP) is 0.754. The minimum atomic E-state index is -1.03. The van der Waals surface area contributed by atoms with Crippen LogP contribution in [0.5, 0.6) is 0 Å². The molecule has 0 saturated heterocycles. The van der Waals surface area contributed by atoms with Gasteiger partial charge in [-0.3, -0.25) is 5.10 Å². The van der Waals surface area contributed by atoms with Crippen LogP contribution < -0.4 is 5.32 Å². The number of carboxylic acids is 1. The van der Waals surface area contributed by atoms with Crippen LogP contribution in [0.2, 0.25) is 0 Å². The zero-order valence-electron chi connectivity index (χ0n) is 12.2. The summed E-state index contributed by atoms with van der Waals surface area (Å²) in [6, 6.07) is -1.35. The van der Waals surface area contributed by atoms with Gasteiger partial charge in [0, 0.05) is 7.05 Å². The van der Waals surface area contributed by atoms with Gasteiger partial charge in [0.05, 0.1) is 6.54 Å². The van der Waals surface area contributed by atoms with Gasteiger partial charge in [0.1, 0.15) is 11.9 Å². The van der Waals surface area contributed by atoms with E-state index in [4.69, 9.17) is 5.11 Å². The molecule has 3 N–H and O–H groups in total. The summed E-state index contributed by atoms with van der Waals surface area (Å²) in [5, 5.41) is 18.2. The number of amides is 2. The first-order chi connectivity index (χ1) is 9.29. The molecule has 1 atom stereocenters. The van der Waals surface area contributed by atoms with Crippen molar-refractivity contribution in [2.45, 2.75) is 39.8 Å². The Labute approximate surface area is 117 Å². The SMILES string of the molecule is Cc1nc(CN(C)C(=O)N[C@@H](CC(C)C)C(=O)O)n[nH]1. The third-order valence-corrected chi connectivity index (χ3v) is 2.67. The van der Waals surface area contributed by atoms with Crippen molar-refractivity contribution in [3.05, 3.63) is 11.6 Å². The number of carbonyl (C=O) groups excluding carboxylic acids is 1. The van der Waals surface area contributed by atoms with Crippen molar-refractivity contribution in [2.75, 3.05) is 7.05 Å². The van der Waals surface area contributed by atoms with E-state index in [-0.39, 0.29) is 12.5 Å². The number of rotatable bonds is 6. The third kappa shape index (κ3) is 4.87. The maximum atomic E-state index is 11.9. The Balaban J connectivity index is 2.57. The number of aromatic amines is 1. The molecule has 0 aliphatic carbocycles. The van der Waals surface area contributed by atoms with E-state index in [2.05, 4.69) is 20.5 Å².